The molecule has 0 heterocycles. The van der Waals surface area contributed by atoms with Crippen molar-refractivity contribution in [2.24, 2.45) is 0 Å². The first kappa shape index (κ1) is 33.6. The van der Waals surface area contributed by atoms with Crippen LogP contribution >= 0.6 is 0 Å². The van der Waals surface area contributed by atoms with Gasteiger partial charge in [0.25, 0.3) is 0 Å². The van der Waals surface area contributed by atoms with Gasteiger partial charge in [-0.15, -0.1) is 0 Å². The van der Waals surface area contributed by atoms with E-state index < -0.39 is 0 Å². The normalized spacial score (nSPS) is 12.6. The van der Waals surface area contributed by atoms with Gasteiger partial charge < -0.3 is 4.90 Å². The highest BCUT2D eigenvalue weighted by Crippen LogP contribution is 2.54. The lowest BCUT2D eigenvalue weighted by Gasteiger charge is -2.28. The number of benzene rings is 9. The van der Waals surface area contributed by atoms with Crippen LogP contribution in [-0.2, 0) is 5.41 Å². The molecule has 0 bridgehead atoms. The number of nitrogens with zero attached hydrogens (tertiary/aromatic N) is 1. The minimum atomic E-state index is -0.170. The second kappa shape index (κ2) is 13.7. The van der Waals surface area contributed by atoms with Crippen LogP contribution in [0.2, 0.25) is 0 Å². The molecule has 0 amide bonds. The van der Waals surface area contributed by atoms with Crippen molar-refractivity contribution in [3.8, 4) is 55.6 Å². The summed E-state index contributed by atoms with van der Waals surface area (Å²) in [6, 6.07) is 77.5. The average Bonchev–Trinajstić information content (AvgIpc) is 3.50. The van der Waals surface area contributed by atoms with Crippen LogP contribution in [0.3, 0.4) is 0 Å². The van der Waals surface area contributed by atoms with E-state index in [4.69, 9.17) is 0 Å². The van der Waals surface area contributed by atoms with Gasteiger partial charge >= 0.3 is 0 Å². The maximum absolute atomic E-state index is 2.43. The summed E-state index contributed by atoms with van der Waals surface area (Å²) in [5.41, 5.74) is 18.5. The molecule has 10 rings (SSSR count). The summed E-state index contributed by atoms with van der Waals surface area (Å²) in [6.45, 7) is 4.75. The number of hydrogen-bond acceptors (Lipinski definition) is 1. The van der Waals surface area contributed by atoms with Gasteiger partial charge in [0.15, 0.2) is 0 Å². The Labute approximate surface area is 329 Å². The number of fused-ring (bicyclic) bond motifs is 4. The first-order chi connectivity index (χ1) is 27.5. The molecule has 1 nitrogen and oxygen atoms in total. The molecule has 0 radical (unpaired) electrons. The van der Waals surface area contributed by atoms with Crippen LogP contribution in [0.15, 0.2) is 212 Å². The molecule has 0 saturated carbocycles. The van der Waals surface area contributed by atoms with Gasteiger partial charge in [0.2, 0.25) is 0 Å². The highest BCUT2D eigenvalue weighted by molar-refractivity contribution is 5.97. The first-order valence-electron chi connectivity index (χ1n) is 19.5. The van der Waals surface area contributed by atoms with Crippen LogP contribution in [0.4, 0.5) is 17.1 Å². The quantitative estimate of drug-likeness (QED) is 0.159. The molecule has 9 aromatic carbocycles. The van der Waals surface area contributed by atoms with E-state index >= 15 is 0 Å². The standard InChI is InChI=1S/C55H41N/c1-55(2)52-24-14-23-48(41-27-25-39(26-28-41)38-15-6-3-7-16-38)54(52)49-34-33-47(37-53(49)55)56(45-21-10-5-11-22-45)46-31-29-42(30-32-46)51-36-44-20-13-12-19-43(44)35-50(51)40-17-8-4-9-18-40/h3-37H,1-2H3. The molecule has 0 fully saturated rings. The minimum absolute atomic E-state index is 0.170. The monoisotopic (exact) mass is 715 g/mol. The molecule has 0 unspecified atom stereocenters. The van der Waals surface area contributed by atoms with Crippen LogP contribution in [0, 0.1) is 0 Å². The molecular weight excluding hydrogens is 675 g/mol. The van der Waals surface area contributed by atoms with Gasteiger partial charge in [0.05, 0.1) is 0 Å². The number of rotatable bonds is 7. The Balaban J connectivity index is 1.05. The highest BCUT2D eigenvalue weighted by atomic mass is 15.1. The topological polar surface area (TPSA) is 3.24 Å². The van der Waals surface area contributed by atoms with Crippen molar-refractivity contribution in [3.05, 3.63) is 223 Å². The molecule has 1 aliphatic rings. The summed E-state index contributed by atoms with van der Waals surface area (Å²) in [5, 5.41) is 2.49. The molecule has 0 spiro atoms. The largest absolute Gasteiger partial charge is 0.310 e. The van der Waals surface area contributed by atoms with E-state index in [0.717, 1.165) is 17.1 Å². The van der Waals surface area contributed by atoms with Crippen LogP contribution in [0.1, 0.15) is 25.0 Å². The molecule has 0 saturated heterocycles. The van der Waals surface area contributed by atoms with Crippen molar-refractivity contribution in [3.63, 3.8) is 0 Å². The van der Waals surface area contributed by atoms with Crippen molar-refractivity contribution < 1.29 is 0 Å². The van der Waals surface area contributed by atoms with Crippen LogP contribution < -0.4 is 4.90 Å². The summed E-state index contributed by atoms with van der Waals surface area (Å²) in [6.07, 6.45) is 0. The number of anilines is 3. The van der Waals surface area contributed by atoms with Gasteiger partial charge in [-0.2, -0.15) is 0 Å². The third-order valence-electron chi connectivity index (χ3n) is 11.7. The molecule has 0 aromatic heterocycles. The van der Waals surface area contributed by atoms with Gasteiger partial charge in [0, 0.05) is 22.5 Å². The van der Waals surface area contributed by atoms with E-state index in [1.54, 1.807) is 0 Å². The van der Waals surface area contributed by atoms with Gasteiger partial charge in [-0.25, -0.2) is 0 Å². The molecule has 1 heteroatoms. The van der Waals surface area contributed by atoms with E-state index in [9.17, 15) is 0 Å². The summed E-state index contributed by atoms with van der Waals surface area (Å²) >= 11 is 0. The zero-order valence-electron chi connectivity index (χ0n) is 31.7. The maximum atomic E-state index is 2.43. The Bertz CT molecular complexity index is 2840. The highest BCUT2D eigenvalue weighted by Gasteiger charge is 2.37. The molecule has 56 heavy (non-hydrogen) atoms. The molecule has 0 aliphatic heterocycles. The van der Waals surface area contributed by atoms with Gasteiger partial charge in [-0.1, -0.05) is 178 Å². The zero-order chi connectivity index (χ0) is 37.6. The van der Waals surface area contributed by atoms with Crippen molar-refractivity contribution in [2.75, 3.05) is 4.90 Å². The Kier molecular flexibility index (Phi) is 8.23. The maximum Gasteiger partial charge on any atom is 0.0465 e. The fourth-order valence-corrected chi connectivity index (χ4v) is 8.78. The third kappa shape index (κ3) is 5.81. The summed E-state index contributed by atoms with van der Waals surface area (Å²) in [7, 11) is 0. The summed E-state index contributed by atoms with van der Waals surface area (Å²) < 4.78 is 0. The van der Waals surface area contributed by atoms with E-state index in [1.165, 1.54) is 77.5 Å². The van der Waals surface area contributed by atoms with Gasteiger partial charge in [-0.05, 0) is 126 Å². The van der Waals surface area contributed by atoms with Crippen molar-refractivity contribution in [1.82, 2.24) is 0 Å². The molecule has 1 aliphatic carbocycles. The summed E-state index contributed by atoms with van der Waals surface area (Å²) in [5.74, 6) is 0. The Morgan fingerprint density at radius 2 is 0.768 bits per heavy atom. The summed E-state index contributed by atoms with van der Waals surface area (Å²) in [4.78, 5) is 2.39. The lowest BCUT2D eigenvalue weighted by atomic mass is 9.81. The lowest BCUT2D eigenvalue weighted by molar-refractivity contribution is 0.660. The molecule has 9 aromatic rings. The second-order valence-corrected chi connectivity index (χ2v) is 15.4. The Hall–Kier alpha value is -6.96. The van der Waals surface area contributed by atoms with Crippen molar-refractivity contribution in [2.45, 2.75) is 19.3 Å². The van der Waals surface area contributed by atoms with Crippen molar-refractivity contribution >= 4 is 27.8 Å². The van der Waals surface area contributed by atoms with Gasteiger partial charge in [-0.3, -0.25) is 0 Å². The van der Waals surface area contributed by atoms with E-state index in [0.29, 0.717) is 0 Å². The SMILES string of the molecule is CC1(C)c2cc(N(c3ccccc3)c3ccc(-c4cc5ccccc5cc4-c4ccccc4)cc3)ccc2-c2c(-c3ccc(-c4ccccc4)cc3)cccc21. The number of para-hydroxylation sites is 1. The predicted octanol–water partition coefficient (Wildman–Crippen LogP) is 15.3. The van der Waals surface area contributed by atoms with E-state index in [1.807, 2.05) is 0 Å². The van der Waals surface area contributed by atoms with E-state index in [-0.39, 0.29) is 5.41 Å². The lowest BCUT2D eigenvalue weighted by Crippen LogP contribution is -2.16. The fraction of sp³-hybridized carbons (Fsp3) is 0.0545. The molecule has 0 atom stereocenters. The Morgan fingerprint density at radius 1 is 0.304 bits per heavy atom. The van der Waals surface area contributed by atoms with Crippen LogP contribution in [0.5, 0.6) is 0 Å². The van der Waals surface area contributed by atoms with E-state index in [2.05, 4.69) is 231 Å². The minimum Gasteiger partial charge on any atom is -0.310 e. The first-order valence-corrected chi connectivity index (χ1v) is 19.5. The molecular formula is C55H41N. The second-order valence-electron chi connectivity index (χ2n) is 15.4. The van der Waals surface area contributed by atoms with Crippen molar-refractivity contribution in [1.29, 1.82) is 0 Å². The van der Waals surface area contributed by atoms with Crippen LogP contribution in [-0.4, -0.2) is 0 Å². The van der Waals surface area contributed by atoms with Gasteiger partial charge in [0.1, 0.15) is 0 Å². The molecule has 266 valence electrons. The smallest absolute Gasteiger partial charge is 0.0465 e. The fourth-order valence-electron chi connectivity index (χ4n) is 8.78. The Morgan fingerprint density at radius 3 is 1.41 bits per heavy atom. The zero-order valence-corrected chi connectivity index (χ0v) is 31.7. The number of hydrogen-bond donors (Lipinski definition) is 0. The third-order valence-corrected chi connectivity index (χ3v) is 11.7. The average molecular weight is 716 g/mol. The van der Waals surface area contributed by atoms with Crippen LogP contribution in [0.25, 0.3) is 66.4 Å². The molecule has 0 N–H and O–H groups in total. The predicted molar refractivity (Wildman–Crippen MR) is 238 cm³/mol.